The number of nitrogens with one attached hydrogen (secondary N) is 1. The molecule has 0 aliphatic carbocycles. The third-order valence-electron chi connectivity index (χ3n) is 7.37. The van der Waals surface area contributed by atoms with Gasteiger partial charge in [0.2, 0.25) is 0 Å². The van der Waals surface area contributed by atoms with Crippen LogP contribution in [0.4, 0.5) is 5.69 Å². The van der Waals surface area contributed by atoms with Crippen molar-refractivity contribution >= 4 is 34.2 Å². The summed E-state index contributed by atoms with van der Waals surface area (Å²) in [5.41, 5.74) is 1.99. The van der Waals surface area contributed by atoms with Crippen LogP contribution in [0.15, 0.2) is 66.9 Å². The van der Waals surface area contributed by atoms with Gasteiger partial charge in [0.05, 0.1) is 5.52 Å². The van der Waals surface area contributed by atoms with Crippen molar-refractivity contribution < 1.29 is 9.53 Å². The minimum Gasteiger partial charge on any atom is -0.464 e. The standard InChI is InChI=1S/C36H54ClN3O2/c1-4-6-7-8-9-10-11-12-13-14-15-16-17-18-19-22-36(41)42-29-28-40(5-2)27-20-21-31(3)39-34-25-26-38-35-30-32(37)23-24-33(34)35/h6-7,9-10,12-13,23-26,30-31H,4-5,8,11,14-22,27-29H2,1-3H3,(H,38,39)/b7-6-,10-9-,13-12-. The van der Waals surface area contributed by atoms with E-state index in [0.717, 1.165) is 87.6 Å². The Morgan fingerprint density at radius 2 is 1.69 bits per heavy atom. The molecule has 0 amide bonds. The summed E-state index contributed by atoms with van der Waals surface area (Å²) in [5, 5.41) is 5.42. The van der Waals surface area contributed by atoms with Gasteiger partial charge < -0.3 is 15.0 Å². The van der Waals surface area contributed by atoms with Gasteiger partial charge in [0.1, 0.15) is 6.61 Å². The number of ether oxygens (including phenoxy) is 1. The zero-order valence-electron chi connectivity index (χ0n) is 26.3. The number of fused-ring (bicyclic) bond motifs is 1. The van der Waals surface area contributed by atoms with Gasteiger partial charge in [-0.15, -0.1) is 0 Å². The van der Waals surface area contributed by atoms with Crippen LogP contribution in [0.1, 0.15) is 97.8 Å². The van der Waals surface area contributed by atoms with Crippen molar-refractivity contribution in [3.8, 4) is 0 Å². The number of allylic oxidation sites excluding steroid dienone is 6. The van der Waals surface area contributed by atoms with E-state index in [-0.39, 0.29) is 5.97 Å². The molecule has 0 radical (unpaired) electrons. The number of hydrogen-bond acceptors (Lipinski definition) is 5. The van der Waals surface area contributed by atoms with Crippen molar-refractivity contribution in [1.29, 1.82) is 0 Å². The number of unbranched alkanes of at least 4 members (excludes halogenated alkanes) is 5. The summed E-state index contributed by atoms with van der Waals surface area (Å²) in [4.78, 5) is 18.9. The normalized spacial score (nSPS) is 12.8. The zero-order chi connectivity index (χ0) is 30.3. The predicted octanol–water partition coefficient (Wildman–Crippen LogP) is 9.92. The fraction of sp³-hybridized carbons (Fsp3) is 0.556. The number of aromatic nitrogens is 1. The van der Waals surface area contributed by atoms with Gasteiger partial charge >= 0.3 is 5.97 Å². The molecule has 2 rings (SSSR count). The van der Waals surface area contributed by atoms with Gasteiger partial charge in [-0.2, -0.15) is 0 Å². The largest absolute Gasteiger partial charge is 0.464 e. The number of nitrogens with zero attached hydrogens (tertiary/aromatic N) is 2. The molecular weight excluding hydrogens is 542 g/mol. The van der Waals surface area contributed by atoms with Gasteiger partial charge in [0, 0.05) is 41.3 Å². The van der Waals surface area contributed by atoms with Crippen molar-refractivity contribution in [1.82, 2.24) is 9.88 Å². The van der Waals surface area contributed by atoms with Crippen LogP contribution in [0.5, 0.6) is 0 Å². The van der Waals surface area contributed by atoms with E-state index in [1.807, 2.05) is 30.5 Å². The average molecular weight is 596 g/mol. The second kappa shape index (κ2) is 22.9. The van der Waals surface area contributed by atoms with Gasteiger partial charge in [-0.05, 0) is 95.6 Å². The fourth-order valence-corrected chi connectivity index (χ4v) is 5.05. The van der Waals surface area contributed by atoms with E-state index >= 15 is 0 Å². The molecule has 0 aliphatic heterocycles. The minimum absolute atomic E-state index is 0.0593. The summed E-state index contributed by atoms with van der Waals surface area (Å²) in [5.74, 6) is -0.0593. The lowest BCUT2D eigenvalue weighted by molar-refractivity contribution is -0.144. The van der Waals surface area contributed by atoms with E-state index in [2.05, 4.69) is 72.4 Å². The number of anilines is 1. The maximum absolute atomic E-state index is 12.2. The SMILES string of the molecule is CC/C=C\C/C=C\C/C=C\CCCCCCCC(=O)OCCN(CC)CCCC(C)Nc1ccnc2cc(Cl)ccc12. The first-order chi connectivity index (χ1) is 20.5. The number of benzene rings is 1. The van der Waals surface area contributed by atoms with E-state index in [0.29, 0.717) is 24.1 Å². The van der Waals surface area contributed by atoms with Crippen LogP contribution >= 0.6 is 11.6 Å². The van der Waals surface area contributed by atoms with Crippen LogP contribution in [0.2, 0.25) is 5.02 Å². The number of rotatable bonds is 23. The average Bonchev–Trinajstić information content (AvgIpc) is 2.98. The number of carbonyl (C=O) groups is 1. The first kappa shape index (κ1) is 35.6. The Hall–Kier alpha value is -2.63. The Balaban J connectivity index is 1.47. The molecule has 0 spiro atoms. The molecule has 232 valence electrons. The smallest absolute Gasteiger partial charge is 0.305 e. The Kier molecular flexibility index (Phi) is 19.4. The van der Waals surface area contributed by atoms with E-state index < -0.39 is 0 Å². The maximum atomic E-state index is 12.2. The Labute approximate surface area is 260 Å². The Bertz CT molecular complexity index is 1100. The van der Waals surface area contributed by atoms with Gasteiger partial charge in [-0.3, -0.25) is 9.78 Å². The number of esters is 1. The molecule has 0 bridgehead atoms. The maximum Gasteiger partial charge on any atom is 0.305 e. The Morgan fingerprint density at radius 3 is 2.48 bits per heavy atom. The number of pyridine rings is 1. The summed E-state index contributed by atoms with van der Waals surface area (Å²) in [6, 6.07) is 8.18. The van der Waals surface area contributed by atoms with Gasteiger partial charge in [0.25, 0.3) is 0 Å². The lowest BCUT2D eigenvalue weighted by Crippen LogP contribution is -2.30. The van der Waals surface area contributed by atoms with Crippen molar-refractivity contribution in [3.05, 3.63) is 71.9 Å². The predicted molar refractivity (Wildman–Crippen MR) is 181 cm³/mol. The van der Waals surface area contributed by atoms with E-state index in [4.69, 9.17) is 16.3 Å². The molecule has 5 nitrogen and oxygen atoms in total. The zero-order valence-corrected chi connectivity index (χ0v) is 27.1. The van der Waals surface area contributed by atoms with Crippen LogP contribution in [-0.4, -0.2) is 48.1 Å². The first-order valence-electron chi connectivity index (χ1n) is 16.2. The van der Waals surface area contributed by atoms with Crippen LogP contribution in [0.25, 0.3) is 10.9 Å². The van der Waals surface area contributed by atoms with Crippen LogP contribution < -0.4 is 5.32 Å². The fourth-order valence-electron chi connectivity index (χ4n) is 4.88. The summed E-state index contributed by atoms with van der Waals surface area (Å²) < 4.78 is 5.52. The highest BCUT2D eigenvalue weighted by molar-refractivity contribution is 6.31. The molecular formula is C36H54ClN3O2. The molecule has 1 heterocycles. The molecule has 1 atom stereocenters. The monoisotopic (exact) mass is 595 g/mol. The number of carbonyl (C=O) groups excluding carboxylic acids is 1. The van der Waals surface area contributed by atoms with Gasteiger partial charge in [-0.1, -0.05) is 81.2 Å². The second-order valence-corrected chi connectivity index (χ2v) is 11.4. The third kappa shape index (κ3) is 16.1. The highest BCUT2D eigenvalue weighted by Crippen LogP contribution is 2.25. The summed E-state index contributed by atoms with van der Waals surface area (Å²) in [7, 11) is 0. The summed E-state index contributed by atoms with van der Waals surface area (Å²) in [6.45, 7) is 9.76. The highest BCUT2D eigenvalue weighted by Gasteiger charge is 2.09. The molecule has 1 unspecified atom stereocenters. The molecule has 6 heteroatoms. The Morgan fingerprint density at radius 1 is 0.952 bits per heavy atom. The number of halogens is 1. The van der Waals surface area contributed by atoms with E-state index in [9.17, 15) is 4.79 Å². The second-order valence-electron chi connectivity index (χ2n) is 11.0. The molecule has 1 aromatic heterocycles. The van der Waals surface area contributed by atoms with Crippen LogP contribution in [0, 0.1) is 0 Å². The molecule has 0 fully saturated rings. The molecule has 0 aliphatic rings. The lowest BCUT2D eigenvalue weighted by Gasteiger charge is -2.22. The highest BCUT2D eigenvalue weighted by atomic mass is 35.5. The molecule has 42 heavy (non-hydrogen) atoms. The van der Waals surface area contributed by atoms with Crippen molar-refractivity contribution in [3.63, 3.8) is 0 Å². The van der Waals surface area contributed by atoms with Crippen LogP contribution in [-0.2, 0) is 9.53 Å². The molecule has 0 saturated heterocycles. The van der Waals surface area contributed by atoms with Gasteiger partial charge in [-0.25, -0.2) is 0 Å². The van der Waals surface area contributed by atoms with Crippen molar-refractivity contribution in [2.45, 2.75) is 104 Å². The number of hydrogen-bond donors (Lipinski definition) is 1. The van der Waals surface area contributed by atoms with Gasteiger partial charge in [0.15, 0.2) is 0 Å². The van der Waals surface area contributed by atoms with Crippen LogP contribution in [0.3, 0.4) is 0 Å². The molecule has 1 aromatic carbocycles. The number of likely N-dealkylation sites (N-methyl/N-ethyl adjacent to an activating group) is 1. The van der Waals surface area contributed by atoms with Crippen molar-refractivity contribution in [2.24, 2.45) is 0 Å². The minimum atomic E-state index is -0.0593. The van der Waals surface area contributed by atoms with Crippen molar-refractivity contribution in [2.75, 3.05) is 31.6 Å². The topological polar surface area (TPSA) is 54.5 Å². The molecule has 2 aromatic rings. The molecule has 0 saturated carbocycles. The van der Waals surface area contributed by atoms with E-state index in [1.54, 1.807) is 0 Å². The van der Waals surface area contributed by atoms with E-state index in [1.165, 1.54) is 19.3 Å². The third-order valence-corrected chi connectivity index (χ3v) is 7.60. The lowest BCUT2D eigenvalue weighted by atomic mass is 10.1. The summed E-state index contributed by atoms with van der Waals surface area (Å²) in [6.07, 6.45) is 27.9. The quantitative estimate of drug-likeness (QED) is 0.0787. The molecule has 1 N–H and O–H groups in total. The summed E-state index contributed by atoms with van der Waals surface area (Å²) >= 11 is 6.12. The first-order valence-corrected chi connectivity index (χ1v) is 16.5.